The molecule has 5 heteroatoms. The highest BCUT2D eigenvalue weighted by atomic mass is 79.9. The molecule has 3 heterocycles. The number of nitrogens with zero attached hydrogens (tertiary/aromatic N) is 3. The summed E-state index contributed by atoms with van der Waals surface area (Å²) in [5.74, 6) is 0.323. The quantitative estimate of drug-likeness (QED) is 0.791. The minimum absolute atomic E-state index is 0.323. The van der Waals surface area contributed by atoms with E-state index >= 15 is 0 Å². The largest absolute Gasteiger partial charge is 0.367 e. The molecule has 2 aliphatic rings. The number of pyridine rings is 1. The van der Waals surface area contributed by atoms with E-state index in [-0.39, 0.29) is 0 Å². The van der Waals surface area contributed by atoms with Gasteiger partial charge in [0.1, 0.15) is 0 Å². The second-order valence-electron chi connectivity index (χ2n) is 4.55. The average molecular weight is 296 g/mol. The van der Waals surface area contributed by atoms with Gasteiger partial charge in [0.25, 0.3) is 0 Å². The monoisotopic (exact) mass is 295 g/mol. The minimum Gasteiger partial charge on any atom is -0.367 e. The van der Waals surface area contributed by atoms with E-state index in [9.17, 15) is 4.79 Å². The Labute approximate surface area is 109 Å². The van der Waals surface area contributed by atoms with E-state index in [4.69, 9.17) is 0 Å². The summed E-state index contributed by atoms with van der Waals surface area (Å²) in [6.07, 6.45) is 5.35. The van der Waals surface area contributed by atoms with Gasteiger partial charge in [-0.3, -0.25) is 9.78 Å². The third-order valence-electron chi connectivity index (χ3n) is 3.59. The number of anilines is 1. The smallest absolute Gasteiger partial charge is 0.223 e. The number of hydrogen-bond donors (Lipinski definition) is 0. The fourth-order valence-corrected chi connectivity index (χ4v) is 3.21. The van der Waals surface area contributed by atoms with Crippen LogP contribution in [0, 0.1) is 0 Å². The Morgan fingerprint density at radius 1 is 1.41 bits per heavy atom. The number of piperazine rings is 1. The zero-order chi connectivity index (χ0) is 11.8. The van der Waals surface area contributed by atoms with E-state index in [0.717, 1.165) is 36.9 Å². The lowest BCUT2D eigenvalue weighted by atomic mass is 10.1. The van der Waals surface area contributed by atoms with Gasteiger partial charge in [0, 0.05) is 44.5 Å². The summed E-state index contributed by atoms with van der Waals surface area (Å²) in [6, 6.07) is 2.42. The molecule has 2 aliphatic heterocycles. The summed E-state index contributed by atoms with van der Waals surface area (Å²) in [5.41, 5.74) is 1.18. The predicted molar refractivity (Wildman–Crippen MR) is 68.9 cm³/mol. The molecule has 1 unspecified atom stereocenters. The second kappa shape index (κ2) is 4.29. The molecule has 1 amide bonds. The first-order valence-corrected chi connectivity index (χ1v) is 6.69. The first kappa shape index (κ1) is 11.0. The molecule has 4 nitrogen and oxygen atoms in total. The first-order valence-electron chi connectivity index (χ1n) is 5.89. The maximum absolute atomic E-state index is 11.6. The van der Waals surface area contributed by atoms with Crippen molar-refractivity contribution in [1.29, 1.82) is 0 Å². The molecule has 0 spiro atoms. The summed E-state index contributed by atoms with van der Waals surface area (Å²) in [7, 11) is 0. The Morgan fingerprint density at radius 3 is 3.12 bits per heavy atom. The van der Waals surface area contributed by atoms with Crippen LogP contribution in [-0.4, -0.2) is 41.5 Å². The Balaban J connectivity index is 1.80. The number of amides is 1. The Morgan fingerprint density at radius 2 is 2.29 bits per heavy atom. The fourth-order valence-electron chi connectivity index (χ4n) is 2.71. The van der Waals surface area contributed by atoms with Gasteiger partial charge in [-0.05, 0) is 28.4 Å². The predicted octanol–water partition coefficient (Wildman–Crippen LogP) is 1.66. The molecule has 0 bridgehead atoms. The van der Waals surface area contributed by atoms with Crippen LogP contribution < -0.4 is 4.90 Å². The van der Waals surface area contributed by atoms with Gasteiger partial charge in [0.05, 0.1) is 10.2 Å². The van der Waals surface area contributed by atoms with Gasteiger partial charge in [0.15, 0.2) is 0 Å². The van der Waals surface area contributed by atoms with Crippen molar-refractivity contribution in [3.8, 4) is 0 Å². The molecule has 90 valence electrons. The van der Waals surface area contributed by atoms with Crippen LogP contribution >= 0.6 is 15.9 Å². The van der Waals surface area contributed by atoms with Crippen LogP contribution in [-0.2, 0) is 4.79 Å². The van der Waals surface area contributed by atoms with E-state index in [1.165, 1.54) is 5.69 Å². The van der Waals surface area contributed by atoms with Crippen LogP contribution in [0.15, 0.2) is 22.9 Å². The maximum atomic E-state index is 11.6. The highest BCUT2D eigenvalue weighted by Gasteiger charge is 2.35. The van der Waals surface area contributed by atoms with Gasteiger partial charge in [-0.2, -0.15) is 0 Å². The number of halogens is 1. The average Bonchev–Trinajstić information content (AvgIpc) is 2.71. The summed E-state index contributed by atoms with van der Waals surface area (Å²) >= 11 is 3.53. The number of hydrogen-bond acceptors (Lipinski definition) is 3. The van der Waals surface area contributed by atoms with E-state index in [1.54, 1.807) is 0 Å². The van der Waals surface area contributed by atoms with Gasteiger partial charge < -0.3 is 9.80 Å². The van der Waals surface area contributed by atoms with Gasteiger partial charge in [0.2, 0.25) is 5.91 Å². The zero-order valence-corrected chi connectivity index (χ0v) is 11.1. The first-order chi connectivity index (χ1) is 8.25. The van der Waals surface area contributed by atoms with Gasteiger partial charge in [-0.1, -0.05) is 0 Å². The minimum atomic E-state index is 0.323. The van der Waals surface area contributed by atoms with Crippen molar-refractivity contribution in [2.75, 3.05) is 24.5 Å². The van der Waals surface area contributed by atoms with Crippen LogP contribution in [0.5, 0.6) is 0 Å². The number of carbonyl (C=O) groups excluding carboxylic acids is 1. The number of carbonyl (C=O) groups is 1. The molecule has 0 aromatic carbocycles. The van der Waals surface area contributed by atoms with E-state index in [0.29, 0.717) is 11.9 Å². The van der Waals surface area contributed by atoms with Crippen molar-refractivity contribution in [2.45, 2.75) is 18.9 Å². The topological polar surface area (TPSA) is 36.4 Å². The molecule has 1 aromatic heterocycles. The number of rotatable bonds is 1. The molecular weight excluding hydrogens is 282 g/mol. The molecule has 0 aliphatic carbocycles. The summed E-state index contributed by atoms with van der Waals surface area (Å²) in [5, 5.41) is 0. The standard InChI is InChI=1S/C12H14BrN3O/c13-10-7-14-4-3-11(10)15-5-6-16-9(8-15)1-2-12(16)17/h3-4,7,9H,1-2,5-6,8H2. The van der Waals surface area contributed by atoms with Crippen molar-refractivity contribution in [2.24, 2.45) is 0 Å². The summed E-state index contributed by atoms with van der Waals surface area (Å²) in [6.45, 7) is 2.69. The van der Waals surface area contributed by atoms with E-state index < -0.39 is 0 Å². The van der Waals surface area contributed by atoms with Gasteiger partial charge >= 0.3 is 0 Å². The molecule has 0 radical (unpaired) electrons. The van der Waals surface area contributed by atoms with E-state index in [2.05, 4.69) is 25.8 Å². The van der Waals surface area contributed by atoms with Crippen molar-refractivity contribution in [1.82, 2.24) is 9.88 Å². The third kappa shape index (κ3) is 1.92. The molecule has 0 N–H and O–H groups in total. The fraction of sp³-hybridized carbons (Fsp3) is 0.500. The number of fused-ring (bicyclic) bond motifs is 1. The van der Waals surface area contributed by atoms with Crippen molar-refractivity contribution in [3.63, 3.8) is 0 Å². The normalized spacial score (nSPS) is 24.1. The van der Waals surface area contributed by atoms with Crippen LogP contribution in [0.3, 0.4) is 0 Å². The van der Waals surface area contributed by atoms with Gasteiger partial charge in [-0.25, -0.2) is 0 Å². The van der Waals surface area contributed by atoms with E-state index in [1.807, 2.05) is 23.4 Å². The number of aromatic nitrogens is 1. The second-order valence-corrected chi connectivity index (χ2v) is 5.41. The van der Waals surface area contributed by atoms with Crippen LogP contribution in [0.25, 0.3) is 0 Å². The summed E-state index contributed by atoms with van der Waals surface area (Å²) < 4.78 is 1.03. The highest BCUT2D eigenvalue weighted by Crippen LogP contribution is 2.30. The lowest BCUT2D eigenvalue weighted by Crippen LogP contribution is -2.51. The molecule has 3 rings (SSSR count). The third-order valence-corrected chi connectivity index (χ3v) is 4.20. The zero-order valence-electron chi connectivity index (χ0n) is 9.47. The van der Waals surface area contributed by atoms with Crippen molar-refractivity contribution >= 4 is 27.5 Å². The molecule has 1 aromatic rings. The Bertz CT molecular complexity index is 451. The molecule has 1 atom stereocenters. The molecular formula is C12H14BrN3O. The maximum Gasteiger partial charge on any atom is 0.223 e. The van der Waals surface area contributed by atoms with Crippen LogP contribution in [0.2, 0.25) is 0 Å². The molecule has 2 fully saturated rings. The van der Waals surface area contributed by atoms with Gasteiger partial charge in [-0.15, -0.1) is 0 Å². The molecule has 17 heavy (non-hydrogen) atoms. The van der Waals surface area contributed by atoms with Crippen LogP contribution in [0.4, 0.5) is 5.69 Å². The lowest BCUT2D eigenvalue weighted by molar-refractivity contribution is -0.129. The Hall–Kier alpha value is -1.10. The lowest BCUT2D eigenvalue weighted by Gasteiger charge is -2.39. The highest BCUT2D eigenvalue weighted by molar-refractivity contribution is 9.10. The summed E-state index contributed by atoms with van der Waals surface area (Å²) in [4.78, 5) is 20.1. The SMILES string of the molecule is O=C1CCC2CN(c3ccncc3Br)CCN12. The van der Waals surface area contributed by atoms with Crippen LogP contribution in [0.1, 0.15) is 12.8 Å². The van der Waals surface area contributed by atoms with Crippen molar-refractivity contribution in [3.05, 3.63) is 22.9 Å². The molecule has 0 saturated carbocycles. The Kier molecular flexibility index (Phi) is 2.78. The van der Waals surface area contributed by atoms with Crippen molar-refractivity contribution < 1.29 is 4.79 Å². The molecule has 2 saturated heterocycles.